The van der Waals surface area contributed by atoms with Gasteiger partial charge in [-0.15, -0.1) is 0 Å². The van der Waals surface area contributed by atoms with Crippen molar-refractivity contribution in [2.45, 2.75) is 25.7 Å². The molecule has 10 heteroatoms. The van der Waals surface area contributed by atoms with E-state index in [4.69, 9.17) is 18.9 Å². The molecule has 0 aliphatic heterocycles. The molecule has 0 aliphatic rings. The Morgan fingerprint density at radius 3 is 1.53 bits per heavy atom. The lowest BCUT2D eigenvalue weighted by atomic mass is 10.2. The molecule has 0 spiro atoms. The van der Waals surface area contributed by atoms with E-state index in [9.17, 15) is 9.59 Å². The third kappa shape index (κ3) is 10.6. The number of ether oxygens (including phenoxy) is 4. The Balaban J connectivity index is 1.68. The van der Waals surface area contributed by atoms with Crippen molar-refractivity contribution in [2.24, 2.45) is 10.2 Å². The maximum absolute atomic E-state index is 12.0. The van der Waals surface area contributed by atoms with Crippen LogP contribution in [0.4, 0.5) is 0 Å². The Morgan fingerprint density at radius 2 is 1.16 bits per heavy atom. The second kappa shape index (κ2) is 17.0. The van der Waals surface area contributed by atoms with Gasteiger partial charge in [-0.25, -0.2) is 10.9 Å². The van der Waals surface area contributed by atoms with Crippen molar-refractivity contribution in [1.82, 2.24) is 10.9 Å². The standard InChI is InChI=1S/C28H34N4O6/c1-5-15-37-23-13-11-21(17-25(23)35-3)19-29-31-27(33)9-7-8-10-28(34)32-30-20-22-12-14-24(38-16-6-2)26(18-22)36-4/h5-6,11-14,17-20H,1-2,7-10,15-16H2,3-4H3,(H,31,33)(H,32,34). The van der Waals surface area contributed by atoms with Gasteiger partial charge in [-0.3, -0.25) is 9.59 Å². The van der Waals surface area contributed by atoms with Crippen LogP contribution in [0, 0.1) is 0 Å². The highest BCUT2D eigenvalue weighted by Crippen LogP contribution is 2.28. The molecule has 10 nitrogen and oxygen atoms in total. The van der Waals surface area contributed by atoms with E-state index in [2.05, 4.69) is 34.2 Å². The molecule has 202 valence electrons. The summed E-state index contributed by atoms with van der Waals surface area (Å²) >= 11 is 0. The van der Waals surface area contributed by atoms with Gasteiger partial charge in [0.15, 0.2) is 23.0 Å². The summed E-state index contributed by atoms with van der Waals surface area (Å²) in [5.41, 5.74) is 6.43. The summed E-state index contributed by atoms with van der Waals surface area (Å²) in [5.74, 6) is 1.80. The maximum atomic E-state index is 12.0. The van der Waals surface area contributed by atoms with Gasteiger partial charge in [0.05, 0.1) is 26.6 Å². The molecule has 0 bridgehead atoms. The average Bonchev–Trinajstić information content (AvgIpc) is 2.93. The van der Waals surface area contributed by atoms with E-state index < -0.39 is 0 Å². The minimum absolute atomic E-state index is 0.242. The number of hydrazone groups is 2. The second-order valence-corrected chi connectivity index (χ2v) is 7.81. The van der Waals surface area contributed by atoms with Crippen molar-refractivity contribution in [3.63, 3.8) is 0 Å². The highest BCUT2D eigenvalue weighted by atomic mass is 16.5. The number of methoxy groups -OCH3 is 2. The second-order valence-electron chi connectivity index (χ2n) is 7.81. The SMILES string of the molecule is C=CCOc1ccc(C=NNC(=O)CCCCC(=O)NN=Cc2ccc(OCC=C)c(OC)c2)cc1OC. The van der Waals surface area contributed by atoms with Crippen LogP contribution < -0.4 is 29.8 Å². The highest BCUT2D eigenvalue weighted by Gasteiger charge is 2.07. The first-order valence-electron chi connectivity index (χ1n) is 12.0. The van der Waals surface area contributed by atoms with E-state index in [-0.39, 0.29) is 24.7 Å². The van der Waals surface area contributed by atoms with Gasteiger partial charge in [-0.2, -0.15) is 10.2 Å². The predicted molar refractivity (Wildman–Crippen MR) is 147 cm³/mol. The van der Waals surface area contributed by atoms with E-state index in [0.717, 1.165) is 11.1 Å². The first-order chi connectivity index (χ1) is 18.5. The summed E-state index contributed by atoms with van der Waals surface area (Å²) < 4.78 is 21.6. The zero-order valence-corrected chi connectivity index (χ0v) is 21.8. The maximum Gasteiger partial charge on any atom is 0.240 e. The first-order valence-corrected chi connectivity index (χ1v) is 12.0. The lowest BCUT2D eigenvalue weighted by Crippen LogP contribution is -2.19. The minimum Gasteiger partial charge on any atom is -0.493 e. The Kier molecular flexibility index (Phi) is 13.2. The number of hydrogen-bond donors (Lipinski definition) is 2. The van der Waals surface area contributed by atoms with Gasteiger partial charge < -0.3 is 18.9 Å². The van der Waals surface area contributed by atoms with E-state index >= 15 is 0 Å². The molecular weight excluding hydrogens is 488 g/mol. The van der Waals surface area contributed by atoms with Crippen LogP contribution in [0.25, 0.3) is 0 Å². The van der Waals surface area contributed by atoms with E-state index in [1.807, 2.05) is 0 Å². The summed E-state index contributed by atoms with van der Waals surface area (Å²) in [6.07, 6.45) is 7.87. The van der Waals surface area contributed by atoms with Gasteiger partial charge in [-0.1, -0.05) is 25.3 Å². The van der Waals surface area contributed by atoms with Gasteiger partial charge in [0.25, 0.3) is 0 Å². The molecule has 2 N–H and O–H groups in total. The molecule has 0 heterocycles. The normalized spacial score (nSPS) is 10.7. The van der Waals surface area contributed by atoms with Crippen LogP contribution in [0.2, 0.25) is 0 Å². The molecule has 0 aromatic heterocycles. The molecule has 0 saturated heterocycles. The topological polar surface area (TPSA) is 120 Å². The smallest absolute Gasteiger partial charge is 0.240 e. The van der Waals surface area contributed by atoms with Crippen LogP contribution in [0.3, 0.4) is 0 Å². The quantitative estimate of drug-likeness (QED) is 0.140. The largest absolute Gasteiger partial charge is 0.493 e. The van der Waals surface area contributed by atoms with E-state index in [1.165, 1.54) is 12.4 Å². The van der Waals surface area contributed by atoms with Crippen molar-refractivity contribution in [3.05, 3.63) is 72.8 Å². The fourth-order valence-electron chi connectivity index (χ4n) is 3.11. The number of amides is 2. The number of unbranched alkanes of at least 4 members (excludes halogenated alkanes) is 1. The third-order valence-corrected chi connectivity index (χ3v) is 4.95. The number of nitrogens with one attached hydrogen (secondary N) is 2. The number of rotatable bonds is 17. The van der Waals surface area contributed by atoms with Gasteiger partial charge >= 0.3 is 0 Å². The molecular formula is C28H34N4O6. The zero-order valence-electron chi connectivity index (χ0n) is 21.8. The number of hydrogen-bond acceptors (Lipinski definition) is 8. The van der Waals surface area contributed by atoms with Crippen LogP contribution in [0.1, 0.15) is 36.8 Å². The molecule has 0 unspecified atom stereocenters. The van der Waals surface area contributed by atoms with E-state index in [1.54, 1.807) is 62.8 Å². The van der Waals surface area contributed by atoms with Crippen molar-refractivity contribution < 1.29 is 28.5 Å². The fourth-order valence-corrected chi connectivity index (χ4v) is 3.11. The third-order valence-electron chi connectivity index (χ3n) is 4.95. The molecule has 2 rings (SSSR count). The van der Waals surface area contributed by atoms with Crippen LogP contribution in [-0.2, 0) is 9.59 Å². The first kappa shape index (κ1) is 29.6. The lowest BCUT2D eigenvalue weighted by Gasteiger charge is -2.09. The average molecular weight is 523 g/mol. The molecule has 0 aliphatic carbocycles. The minimum atomic E-state index is -0.243. The van der Waals surface area contributed by atoms with Crippen LogP contribution >= 0.6 is 0 Å². The molecule has 0 saturated carbocycles. The van der Waals surface area contributed by atoms with Crippen molar-refractivity contribution >= 4 is 24.2 Å². The molecule has 0 atom stereocenters. The Labute approximate surface area is 223 Å². The summed E-state index contributed by atoms with van der Waals surface area (Å²) in [6.45, 7) is 7.96. The molecule has 2 aromatic carbocycles. The van der Waals surface area contributed by atoms with Gasteiger partial charge in [0, 0.05) is 12.8 Å². The van der Waals surface area contributed by atoms with Gasteiger partial charge in [0.1, 0.15) is 13.2 Å². The number of nitrogens with zero attached hydrogens (tertiary/aromatic N) is 2. The molecule has 2 amide bonds. The molecule has 2 aromatic rings. The summed E-state index contributed by atoms with van der Waals surface area (Å²) in [4.78, 5) is 24.0. The number of benzene rings is 2. The Hall–Kier alpha value is -4.60. The van der Waals surface area contributed by atoms with Gasteiger partial charge in [0.2, 0.25) is 11.8 Å². The molecule has 0 fully saturated rings. The van der Waals surface area contributed by atoms with Crippen molar-refractivity contribution in [1.29, 1.82) is 0 Å². The summed E-state index contributed by atoms with van der Waals surface area (Å²) in [5, 5.41) is 7.94. The monoisotopic (exact) mass is 522 g/mol. The highest BCUT2D eigenvalue weighted by molar-refractivity contribution is 5.84. The predicted octanol–water partition coefficient (Wildman–Crippen LogP) is 3.99. The van der Waals surface area contributed by atoms with Crippen LogP contribution in [-0.4, -0.2) is 51.7 Å². The summed E-state index contributed by atoms with van der Waals surface area (Å²) in [7, 11) is 3.09. The molecule has 0 radical (unpaired) electrons. The number of carbonyl (C=O) groups is 2. The van der Waals surface area contributed by atoms with Crippen molar-refractivity contribution in [3.8, 4) is 23.0 Å². The zero-order chi connectivity index (χ0) is 27.6. The van der Waals surface area contributed by atoms with Gasteiger partial charge in [-0.05, 0) is 60.4 Å². The summed E-state index contributed by atoms with van der Waals surface area (Å²) in [6, 6.07) is 10.6. The van der Waals surface area contributed by atoms with Crippen LogP contribution in [0.5, 0.6) is 23.0 Å². The Morgan fingerprint density at radius 1 is 0.737 bits per heavy atom. The molecule has 38 heavy (non-hydrogen) atoms. The number of carbonyl (C=O) groups excluding carboxylic acids is 2. The lowest BCUT2D eigenvalue weighted by molar-refractivity contribution is -0.123. The van der Waals surface area contributed by atoms with Crippen molar-refractivity contribution in [2.75, 3.05) is 27.4 Å². The van der Waals surface area contributed by atoms with Crippen LogP contribution in [0.15, 0.2) is 71.9 Å². The fraction of sp³-hybridized carbons (Fsp3) is 0.286. The van der Waals surface area contributed by atoms with E-state index in [0.29, 0.717) is 49.1 Å². The Bertz CT molecular complexity index is 1060.